The maximum atomic E-state index is 11.5. The maximum absolute atomic E-state index is 11.5. The lowest BCUT2D eigenvalue weighted by Crippen LogP contribution is -2.17. The van der Waals surface area contributed by atoms with Crippen LogP contribution >= 0.6 is 0 Å². The molecule has 2 aromatic rings. The van der Waals surface area contributed by atoms with Crippen LogP contribution in [-0.2, 0) is 15.6 Å². The minimum Gasteiger partial charge on any atom is -0.507 e. The molecule has 0 radical (unpaired) electrons. The van der Waals surface area contributed by atoms with Crippen LogP contribution in [0.4, 0.5) is 10.7 Å². The third-order valence-electron chi connectivity index (χ3n) is 4.10. The second-order valence-corrected chi connectivity index (χ2v) is 8.40. The van der Waals surface area contributed by atoms with Crippen LogP contribution in [0.2, 0.25) is 0 Å². The Bertz CT molecular complexity index is 760. The van der Waals surface area contributed by atoms with Crippen LogP contribution in [0, 0.1) is 0 Å². The maximum Gasteiger partial charge on any atom is 0.413 e. The number of carbonyl (C=O) groups is 1. The molecule has 0 saturated heterocycles. The zero-order chi connectivity index (χ0) is 19.7. The molecule has 0 spiro atoms. The van der Waals surface area contributed by atoms with Crippen LogP contribution in [0.1, 0.15) is 59.6 Å². The predicted octanol–water partition coefficient (Wildman–Crippen LogP) is 4.95. The van der Waals surface area contributed by atoms with Crippen molar-refractivity contribution in [3.63, 3.8) is 0 Å². The molecule has 26 heavy (non-hydrogen) atoms. The molecule has 1 heterocycles. The molecular weight excluding hydrogens is 330 g/mol. The monoisotopic (exact) mass is 359 g/mol. The largest absolute Gasteiger partial charge is 0.507 e. The van der Waals surface area contributed by atoms with Gasteiger partial charge in [0, 0.05) is 22.9 Å². The summed E-state index contributed by atoms with van der Waals surface area (Å²) in [5.41, 5.74) is 2.86. The van der Waals surface area contributed by atoms with Crippen molar-refractivity contribution in [1.29, 1.82) is 0 Å². The number of anilines is 1. The van der Waals surface area contributed by atoms with Gasteiger partial charge < -0.3 is 14.8 Å². The predicted molar refractivity (Wildman–Crippen MR) is 104 cm³/mol. The highest BCUT2D eigenvalue weighted by molar-refractivity contribution is 5.82. The highest BCUT2D eigenvalue weighted by atomic mass is 16.5. The van der Waals surface area contributed by atoms with E-state index in [2.05, 4.69) is 56.8 Å². The first-order valence-corrected chi connectivity index (χ1v) is 8.81. The first-order chi connectivity index (χ1) is 11.9. The third-order valence-corrected chi connectivity index (χ3v) is 4.10. The number of imidazole rings is 1. The van der Waals surface area contributed by atoms with E-state index in [-0.39, 0.29) is 10.8 Å². The van der Waals surface area contributed by atoms with Gasteiger partial charge in [0.05, 0.1) is 12.3 Å². The van der Waals surface area contributed by atoms with Gasteiger partial charge in [-0.2, -0.15) is 0 Å². The Labute approximate surface area is 155 Å². The van der Waals surface area contributed by atoms with Crippen molar-refractivity contribution >= 4 is 12.0 Å². The Morgan fingerprint density at radius 1 is 1.15 bits per heavy atom. The van der Waals surface area contributed by atoms with E-state index in [9.17, 15) is 9.90 Å². The number of aromatic hydroxyl groups is 1. The Morgan fingerprint density at radius 2 is 1.69 bits per heavy atom. The van der Waals surface area contributed by atoms with E-state index >= 15 is 0 Å². The topological polar surface area (TPSA) is 87.2 Å². The van der Waals surface area contributed by atoms with Gasteiger partial charge in [-0.3, -0.25) is 5.32 Å². The lowest BCUT2D eigenvalue weighted by molar-refractivity contribution is 0.167. The molecule has 0 aliphatic heterocycles. The number of aromatic nitrogens is 2. The first kappa shape index (κ1) is 19.8. The number of nitrogens with zero attached hydrogens (tertiary/aromatic N) is 1. The lowest BCUT2D eigenvalue weighted by atomic mass is 9.78. The number of benzene rings is 1. The molecule has 6 nitrogen and oxygen atoms in total. The molecule has 0 fully saturated rings. The molecule has 0 unspecified atom stereocenters. The van der Waals surface area contributed by atoms with E-state index in [4.69, 9.17) is 4.74 Å². The minimum atomic E-state index is -0.551. The molecule has 0 bridgehead atoms. The number of carbonyl (C=O) groups excluding carboxylic acids is 1. The quantitative estimate of drug-likeness (QED) is 0.724. The van der Waals surface area contributed by atoms with Crippen LogP contribution in [0.5, 0.6) is 5.75 Å². The summed E-state index contributed by atoms with van der Waals surface area (Å²) in [6.07, 6.45) is 1.18. The summed E-state index contributed by atoms with van der Waals surface area (Å²) in [4.78, 5) is 18.9. The molecular formula is C20H29N3O3. The van der Waals surface area contributed by atoms with Gasteiger partial charge in [-0.1, -0.05) is 41.5 Å². The lowest BCUT2D eigenvalue weighted by Gasteiger charge is -2.28. The number of rotatable bonds is 3. The molecule has 3 N–H and O–H groups in total. The molecule has 1 aromatic carbocycles. The summed E-state index contributed by atoms with van der Waals surface area (Å²) in [5, 5.41) is 13.4. The van der Waals surface area contributed by atoms with Gasteiger partial charge in [-0.05, 0) is 29.9 Å². The molecule has 6 heteroatoms. The van der Waals surface area contributed by atoms with Crippen molar-refractivity contribution in [2.24, 2.45) is 0 Å². The molecule has 0 saturated carbocycles. The Hall–Kier alpha value is -2.50. The van der Waals surface area contributed by atoms with Gasteiger partial charge in [0.25, 0.3) is 0 Å². The summed E-state index contributed by atoms with van der Waals surface area (Å²) < 4.78 is 4.86. The summed E-state index contributed by atoms with van der Waals surface area (Å²) in [7, 11) is 0. The number of phenols is 1. The van der Waals surface area contributed by atoms with Crippen molar-refractivity contribution in [3.05, 3.63) is 29.5 Å². The van der Waals surface area contributed by atoms with E-state index in [1.807, 2.05) is 12.1 Å². The standard InChI is InChI=1S/C20H29N3O3/c1-8-26-18(25)23-17-21-11-15(22-17)12-9-13(19(2,3)4)16(24)14(10-12)20(5,6)7/h9-11,24H,8H2,1-7H3,(H2,21,22,23,25). The fourth-order valence-electron chi connectivity index (χ4n) is 2.72. The van der Waals surface area contributed by atoms with Crippen LogP contribution in [-0.4, -0.2) is 27.8 Å². The minimum absolute atomic E-state index is 0.220. The Morgan fingerprint density at radius 3 is 2.15 bits per heavy atom. The van der Waals surface area contributed by atoms with Crippen molar-refractivity contribution in [1.82, 2.24) is 9.97 Å². The van der Waals surface area contributed by atoms with E-state index in [0.717, 1.165) is 16.7 Å². The van der Waals surface area contributed by atoms with E-state index < -0.39 is 6.09 Å². The van der Waals surface area contributed by atoms with Gasteiger partial charge in [0.15, 0.2) is 0 Å². The molecule has 142 valence electrons. The van der Waals surface area contributed by atoms with E-state index in [0.29, 0.717) is 24.0 Å². The zero-order valence-corrected chi connectivity index (χ0v) is 16.7. The highest BCUT2D eigenvalue weighted by Gasteiger charge is 2.27. The first-order valence-electron chi connectivity index (χ1n) is 8.81. The summed E-state index contributed by atoms with van der Waals surface area (Å²) in [6, 6.07) is 3.91. The van der Waals surface area contributed by atoms with Crippen molar-refractivity contribution in [2.45, 2.75) is 59.3 Å². The van der Waals surface area contributed by atoms with Crippen molar-refractivity contribution in [2.75, 3.05) is 11.9 Å². The molecule has 1 aromatic heterocycles. The summed E-state index contributed by atoms with van der Waals surface area (Å²) in [6.45, 7) is 14.4. The Kier molecular flexibility index (Phi) is 5.35. The van der Waals surface area contributed by atoms with E-state index in [1.54, 1.807) is 13.1 Å². The molecule has 1 amide bonds. The van der Waals surface area contributed by atoms with Gasteiger partial charge in [0.1, 0.15) is 5.75 Å². The number of nitrogens with one attached hydrogen (secondary N) is 2. The zero-order valence-electron chi connectivity index (χ0n) is 16.7. The number of phenolic OH excluding ortho intramolecular Hbond substituents is 1. The highest BCUT2D eigenvalue weighted by Crippen LogP contribution is 2.41. The summed E-state index contributed by atoms with van der Waals surface area (Å²) in [5.74, 6) is 0.648. The normalized spacial score (nSPS) is 12.1. The number of ether oxygens (including phenoxy) is 1. The van der Waals surface area contributed by atoms with Gasteiger partial charge in [-0.15, -0.1) is 0 Å². The molecule has 0 atom stereocenters. The van der Waals surface area contributed by atoms with E-state index in [1.165, 1.54) is 0 Å². The number of amides is 1. The number of H-pyrrole nitrogens is 1. The van der Waals surface area contributed by atoms with Crippen LogP contribution < -0.4 is 5.32 Å². The third kappa shape index (κ3) is 4.36. The van der Waals surface area contributed by atoms with Crippen LogP contribution in [0.15, 0.2) is 18.3 Å². The van der Waals surface area contributed by atoms with Crippen molar-refractivity contribution in [3.8, 4) is 17.0 Å². The van der Waals surface area contributed by atoms with Crippen molar-refractivity contribution < 1.29 is 14.6 Å². The molecule has 2 rings (SSSR count). The average molecular weight is 359 g/mol. The van der Waals surface area contributed by atoms with Gasteiger partial charge in [-0.25, -0.2) is 9.78 Å². The Balaban J connectivity index is 2.50. The second kappa shape index (κ2) is 7.02. The number of hydrogen-bond donors (Lipinski definition) is 3. The smallest absolute Gasteiger partial charge is 0.413 e. The fraction of sp³-hybridized carbons (Fsp3) is 0.500. The fourth-order valence-corrected chi connectivity index (χ4v) is 2.72. The van der Waals surface area contributed by atoms with Crippen LogP contribution in [0.25, 0.3) is 11.3 Å². The summed E-state index contributed by atoms with van der Waals surface area (Å²) >= 11 is 0. The van der Waals surface area contributed by atoms with Crippen LogP contribution in [0.3, 0.4) is 0 Å². The number of hydrogen-bond acceptors (Lipinski definition) is 4. The van der Waals surface area contributed by atoms with Gasteiger partial charge >= 0.3 is 6.09 Å². The molecule has 0 aliphatic carbocycles. The molecule has 0 aliphatic rings. The van der Waals surface area contributed by atoms with Gasteiger partial charge in [0.2, 0.25) is 5.95 Å². The number of aromatic amines is 1. The average Bonchev–Trinajstić information content (AvgIpc) is 2.93. The SMILES string of the molecule is CCOC(=O)Nc1nc(-c2cc(C(C)(C)C)c(O)c(C(C)(C)C)c2)c[nH]1. The second-order valence-electron chi connectivity index (χ2n) is 8.40.